The first kappa shape index (κ1) is 24.9. The van der Waals surface area contributed by atoms with Gasteiger partial charge in [0.15, 0.2) is 12.4 Å². The van der Waals surface area contributed by atoms with Crippen LogP contribution in [0.15, 0.2) is 47.1 Å². The van der Waals surface area contributed by atoms with Crippen LogP contribution in [-0.4, -0.2) is 57.2 Å². The van der Waals surface area contributed by atoms with Crippen molar-refractivity contribution < 1.29 is 37.9 Å². The zero-order chi connectivity index (χ0) is 25.6. The molecule has 1 aromatic carbocycles. The second-order valence-electron chi connectivity index (χ2n) is 9.06. The third-order valence-corrected chi connectivity index (χ3v) is 10.3. The minimum Gasteiger partial charge on any atom is -0.457 e. The highest BCUT2D eigenvalue weighted by atomic mass is 79.9. The maximum atomic E-state index is 12.9. The number of carbonyl (C=O) groups excluding carboxylic acids is 5. The molecule has 188 valence electrons. The summed E-state index contributed by atoms with van der Waals surface area (Å²) in [4.78, 5) is 63.7. The molecule has 36 heavy (non-hydrogen) atoms. The summed E-state index contributed by atoms with van der Waals surface area (Å²) >= 11 is 7.28. The number of ketones is 1. The predicted molar refractivity (Wildman–Crippen MR) is 131 cm³/mol. The quantitative estimate of drug-likeness (QED) is 0.144. The van der Waals surface area contributed by atoms with Gasteiger partial charge in [0.2, 0.25) is 17.6 Å². The number of nitrogens with zero attached hydrogens (tertiary/aromatic N) is 1. The zero-order valence-corrected chi connectivity index (χ0v) is 22.0. The number of hydrogen-bond acceptors (Lipinski definition) is 8. The van der Waals surface area contributed by atoms with Crippen LogP contribution in [0.2, 0.25) is 0 Å². The van der Waals surface area contributed by atoms with Crippen LogP contribution in [0.25, 0.3) is 0 Å². The van der Waals surface area contributed by atoms with Crippen LogP contribution in [0.3, 0.4) is 0 Å². The van der Waals surface area contributed by atoms with Crippen molar-refractivity contribution in [2.75, 3.05) is 13.2 Å². The Morgan fingerprint density at radius 2 is 1.61 bits per heavy atom. The van der Waals surface area contributed by atoms with E-state index in [1.165, 1.54) is 41.5 Å². The summed E-state index contributed by atoms with van der Waals surface area (Å²) in [7, 11) is 0. The Kier molecular flexibility index (Phi) is 6.86. The molecule has 3 fully saturated rings. The lowest BCUT2D eigenvalue weighted by Crippen LogP contribution is -2.37. The predicted octanol–water partition coefficient (Wildman–Crippen LogP) is 3.39. The van der Waals surface area contributed by atoms with Crippen molar-refractivity contribution in [3.8, 4) is 5.75 Å². The van der Waals surface area contributed by atoms with Gasteiger partial charge < -0.3 is 13.9 Å². The molecule has 6 atom stereocenters. The first-order chi connectivity index (χ1) is 17.3. The van der Waals surface area contributed by atoms with E-state index in [1.807, 2.05) is 0 Å². The molecule has 11 heteroatoms. The molecule has 5 rings (SSSR count). The second kappa shape index (κ2) is 9.93. The van der Waals surface area contributed by atoms with Gasteiger partial charge in [0.25, 0.3) is 0 Å². The van der Waals surface area contributed by atoms with Crippen LogP contribution in [0.5, 0.6) is 5.75 Å². The van der Waals surface area contributed by atoms with E-state index in [9.17, 15) is 24.0 Å². The minimum absolute atomic E-state index is 0.0505. The van der Waals surface area contributed by atoms with E-state index >= 15 is 0 Å². The number of rotatable bonds is 8. The molecule has 6 unspecified atom stereocenters. The van der Waals surface area contributed by atoms with Crippen LogP contribution in [0, 0.1) is 23.7 Å². The lowest BCUT2D eigenvalue weighted by molar-refractivity contribution is -0.145. The number of Topliss-reactive ketones (excluding diaryl/α,β-unsaturated/α-hetero) is 1. The van der Waals surface area contributed by atoms with E-state index in [1.54, 1.807) is 6.07 Å². The Balaban J connectivity index is 1.09. The molecule has 0 N–H and O–H groups in total. The van der Waals surface area contributed by atoms with Crippen LogP contribution in [-0.2, 0) is 19.1 Å². The van der Waals surface area contributed by atoms with Crippen LogP contribution < -0.4 is 4.74 Å². The highest BCUT2D eigenvalue weighted by molar-refractivity contribution is 9.12. The third-order valence-electron chi connectivity index (χ3n) is 7.09. The zero-order valence-electron chi connectivity index (χ0n) is 18.8. The van der Waals surface area contributed by atoms with Crippen molar-refractivity contribution in [3.05, 3.63) is 54.0 Å². The van der Waals surface area contributed by atoms with Crippen molar-refractivity contribution >= 4 is 61.4 Å². The van der Waals surface area contributed by atoms with Crippen LogP contribution >= 0.6 is 31.9 Å². The Labute approximate surface area is 222 Å². The number of esters is 2. The molecule has 2 bridgehead atoms. The molecule has 0 radical (unpaired) electrons. The Bertz CT molecular complexity index is 1180. The fraction of sp³-hybridized carbons (Fsp3) is 0.400. The maximum absolute atomic E-state index is 12.9. The van der Waals surface area contributed by atoms with Gasteiger partial charge in [-0.3, -0.25) is 24.1 Å². The standard InChI is InChI=1S/C25H21Br2NO8/c26-21-14-10-15(22(21)27)20-19(14)23(31)28(24(20)32)8-7-18(30)35-11-16(29)12-3-5-13(6-4-12)36-25(33)17-2-1-9-34-17/h1-6,9,14-15,19-22H,7-8,10-11H2. The normalized spacial score (nSPS) is 28.3. The molecule has 2 heterocycles. The number of hydrogen-bond donors (Lipinski definition) is 0. The number of ether oxygens (including phenoxy) is 2. The SMILES string of the molecule is O=C(CCN1C(=O)C2C3CC(C(Br)C3Br)C2C1=O)OCC(=O)c1ccc(OC(=O)c2ccco2)cc1. The van der Waals surface area contributed by atoms with Gasteiger partial charge in [-0.25, -0.2) is 4.79 Å². The largest absolute Gasteiger partial charge is 0.457 e. The number of carbonyl (C=O) groups is 5. The van der Waals surface area contributed by atoms with Gasteiger partial charge in [0.05, 0.1) is 24.5 Å². The number of imide groups is 1. The average molecular weight is 623 g/mol. The van der Waals surface area contributed by atoms with Crippen molar-refractivity contribution in [2.45, 2.75) is 22.5 Å². The lowest BCUT2D eigenvalue weighted by atomic mass is 9.81. The third kappa shape index (κ3) is 4.43. The summed E-state index contributed by atoms with van der Waals surface area (Å²) in [5, 5.41) is 0. The Morgan fingerprint density at radius 3 is 2.19 bits per heavy atom. The molecule has 1 saturated heterocycles. The van der Waals surface area contributed by atoms with E-state index in [-0.39, 0.29) is 75.2 Å². The average Bonchev–Trinajstić information content (AvgIpc) is 3.64. The van der Waals surface area contributed by atoms with Gasteiger partial charge >= 0.3 is 11.9 Å². The molecule has 2 aliphatic carbocycles. The summed E-state index contributed by atoms with van der Waals surface area (Å²) in [5.41, 5.74) is 0.266. The van der Waals surface area contributed by atoms with Crippen molar-refractivity contribution in [1.29, 1.82) is 0 Å². The molecule has 1 aliphatic heterocycles. The number of alkyl halides is 2. The molecule has 1 aromatic heterocycles. The molecular weight excluding hydrogens is 602 g/mol. The number of amides is 2. The van der Waals surface area contributed by atoms with E-state index in [2.05, 4.69) is 31.9 Å². The second-order valence-corrected chi connectivity index (χ2v) is 11.2. The van der Waals surface area contributed by atoms with E-state index in [4.69, 9.17) is 13.9 Å². The fourth-order valence-corrected chi connectivity index (χ4v) is 7.27. The topological polar surface area (TPSA) is 120 Å². The number of halogens is 2. The molecule has 3 aliphatic rings. The molecule has 2 aromatic rings. The summed E-state index contributed by atoms with van der Waals surface area (Å²) in [6.45, 7) is -0.551. The number of benzene rings is 1. The van der Waals surface area contributed by atoms with E-state index in [0.717, 1.165) is 6.42 Å². The van der Waals surface area contributed by atoms with Crippen LogP contribution in [0.4, 0.5) is 0 Å². The van der Waals surface area contributed by atoms with Gasteiger partial charge in [0.1, 0.15) is 5.75 Å². The summed E-state index contributed by atoms with van der Waals surface area (Å²) in [5.74, 6) is -2.42. The van der Waals surface area contributed by atoms with Gasteiger partial charge in [0, 0.05) is 21.8 Å². The van der Waals surface area contributed by atoms with Crippen molar-refractivity contribution in [3.63, 3.8) is 0 Å². The molecular formula is C25H21Br2NO8. The monoisotopic (exact) mass is 621 g/mol. The minimum atomic E-state index is -0.676. The first-order valence-corrected chi connectivity index (χ1v) is 13.3. The molecule has 2 amide bonds. The summed E-state index contributed by atoms with van der Waals surface area (Å²) < 4.78 is 15.2. The molecule has 0 spiro atoms. The van der Waals surface area contributed by atoms with E-state index < -0.39 is 24.3 Å². The first-order valence-electron chi connectivity index (χ1n) is 11.4. The van der Waals surface area contributed by atoms with Crippen molar-refractivity contribution in [2.24, 2.45) is 23.7 Å². The lowest BCUT2D eigenvalue weighted by Gasteiger charge is -2.28. The number of furan rings is 1. The van der Waals surface area contributed by atoms with Gasteiger partial charge in [-0.1, -0.05) is 31.9 Å². The highest BCUT2D eigenvalue weighted by Gasteiger charge is 2.66. The maximum Gasteiger partial charge on any atom is 0.379 e. The summed E-state index contributed by atoms with van der Waals surface area (Å²) in [6, 6.07) is 8.82. The number of likely N-dealkylation sites (tertiary alicyclic amines) is 1. The molecule has 9 nitrogen and oxygen atoms in total. The van der Waals surface area contributed by atoms with Gasteiger partial charge in [-0.15, -0.1) is 0 Å². The Morgan fingerprint density at radius 1 is 0.972 bits per heavy atom. The van der Waals surface area contributed by atoms with Gasteiger partial charge in [-0.05, 0) is 54.7 Å². The van der Waals surface area contributed by atoms with Gasteiger partial charge in [-0.2, -0.15) is 0 Å². The number of fused-ring (bicyclic) bond motifs is 5. The van der Waals surface area contributed by atoms with E-state index in [0.29, 0.717) is 0 Å². The van der Waals surface area contributed by atoms with Crippen LogP contribution in [0.1, 0.15) is 33.8 Å². The highest BCUT2D eigenvalue weighted by Crippen LogP contribution is 2.60. The molecule has 2 saturated carbocycles. The Hall–Kier alpha value is -2.79. The summed E-state index contributed by atoms with van der Waals surface area (Å²) in [6.07, 6.45) is 2.01. The fourth-order valence-electron chi connectivity index (χ4n) is 5.40. The van der Waals surface area contributed by atoms with Crippen molar-refractivity contribution in [1.82, 2.24) is 4.90 Å². The smallest absolute Gasteiger partial charge is 0.379 e.